The molecule has 0 aromatic carbocycles. The number of hydrogen-bond acceptors (Lipinski definition) is 4. The van der Waals surface area contributed by atoms with Gasteiger partial charge in [-0.2, -0.15) is 0 Å². The van der Waals surface area contributed by atoms with Gasteiger partial charge in [-0.05, 0) is 125 Å². The van der Waals surface area contributed by atoms with Gasteiger partial charge in [-0.25, -0.2) is 0 Å². The van der Waals surface area contributed by atoms with Gasteiger partial charge in [0, 0.05) is 11.8 Å². The van der Waals surface area contributed by atoms with Crippen molar-refractivity contribution in [3.63, 3.8) is 0 Å². The third-order valence-electron chi connectivity index (χ3n) is 12.4. The number of rotatable bonds is 3. The fraction of sp³-hybridized carbons (Fsp3) is 0.833. The van der Waals surface area contributed by atoms with E-state index in [9.17, 15) is 14.4 Å². The maximum absolute atomic E-state index is 13.8. The van der Waals surface area contributed by atoms with Crippen LogP contribution in [0.2, 0.25) is 0 Å². The van der Waals surface area contributed by atoms with Gasteiger partial charge >= 0.3 is 5.97 Å². The summed E-state index contributed by atoms with van der Waals surface area (Å²) in [6.45, 7) is 2.39. The zero-order valence-electron chi connectivity index (χ0n) is 20.7. The van der Waals surface area contributed by atoms with Gasteiger partial charge in [0.15, 0.2) is 5.78 Å². The van der Waals surface area contributed by atoms with Crippen molar-refractivity contribution in [3.05, 3.63) is 11.6 Å². The lowest BCUT2D eigenvalue weighted by Gasteiger charge is -2.57. The molecule has 7 fully saturated rings. The van der Waals surface area contributed by atoms with E-state index < -0.39 is 5.41 Å². The van der Waals surface area contributed by atoms with Gasteiger partial charge in [0.1, 0.15) is 12.4 Å². The lowest BCUT2D eigenvalue weighted by Crippen LogP contribution is -2.54. The number of esters is 1. The van der Waals surface area contributed by atoms with Crippen LogP contribution in [0, 0.1) is 51.8 Å². The van der Waals surface area contributed by atoms with Crippen molar-refractivity contribution >= 4 is 18.0 Å². The zero-order valence-corrected chi connectivity index (χ0v) is 20.7. The van der Waals surface area contributed by atoms with Crippen molar-refractivity contribution in [1.29, 1.82) is 0 Å². The van der Waals surface area contributed by atoms with Crippen LogP contribution in [0.3, 0.4) is 0 Å². The summed E-state index contributed by atoms with van der Waals surface area (Å²) in [6.07, 6.45) is 17.7. The lowest BCUT2D eigenvalue weighted by molar-refractivity contribution is -0.185. The van der Waals surface area contributed by atoms with Gasteiger partial charge in [0.25, 0.3) is 0 Å². The van der Waals surface area contributed by atoms with E-state index in [0.717, 1.165) is 81.1 Å². The molecule has 0 aromatic rings. The van der Waals surface area contributed by atoms with Crippen LogP contribution in [-0.4, -0.2) is 24.1 Å². The van der Waals surface area contributed by atoms with Crippen LogP contribution >= 0.6 is 0 Å². The number of allylic oxidation sites excluding steroid dienone is 1. The van der Waals surface area contributed by atoms with Gasteiger partial charge in [0.2, 0.25) is 0 Å². The quantitative estimate of drug-likeness (QED) is 0.390. The number of fused-ring (bicyclic) bond motifs is 5. The summed E-state index contributed by atoms with van der Waals surface area (Å²) >= 11 is 0. The second kappa shape index (κ2) is 7.29. The predicted octanol–water partition coefficient (Wildman–Crippen LogP) is 5.83. The summed E-state index contributed by atoms with van der Waals surface area (Å²) in [4.78, 5) is 38.4. The average molecular weight is 465 g/mol. The highest BCUT2D eigenvalue weighted by atomic mass is 16.5. The number of ether oxygens (including phenoxy) is 1. The molecule has 8 rings (SSSR count). The Kier molecular flexibility index (Phi) is 4.68. The summed E-state index contributed by atoms with van der Waals surface area (Å²) in [6, 6.07) is 0. The molecule has 0 aliphatic heterocycles. The van der Waals surface area contributed by atoms with E-state index in [-0.39, 0.29) is 28.7 Å². The topological polar surface area (TPSA) is 60.4 Å². The van der Waals surface area contributed by atoms with Crippen LogP contribution in [0.15, 0.2) is 11.6 Å². The molecule has 0 spiro atoms. The fourth-order valence-electron chi connectivity index (χ4n) is 11.3. The summed E-state index contributed by atoms with van der Waals surface area (Å²) < 4.78 is 6.56. The van der Waals surface area contributed by atoms with Gasteiger partial charge in [-0.15, -0.1) is 0 Å². The molecule has 0 unspecified atom stereocenters. The summed E-state index contributed by atoms with van der Waals surface area (Å²) in [5.74, 6) is 4.00. The van der Waals surface area contributed by atoms with Crippen molar-refractivity contribution in [2.45, 2.75) is 103 Å². The number of ketones is 1. The molecule has 6 atom stereocenters. The highest BCUT2D eigenvalue weighted by Crippen LogP contribution is 2.66. The Labute approximate surface area is 203 Å². The molecule has 0 radical (unpaired) electrons. The molecule has 0 saturated heterocycles. The van der Waals surface area contributed by atoms with Crippen LogP contribution in [0.1, 0.15) is 96.8 Å². The molecule has 34 heavy (non-hydrogen) atoms. The Morgan fingerprint density at radius 1 is 0.941 bits per heavy atom. The smallest absolute Gasteiger partial charge is 0.312 e. The molecular weight excluding hydrogens is 424 g/mol. The molecule has 0 amide bonds. The minimum absolute atomic E-state index is 0.0366. The van der Waals surface area contributed by atoms with Crippen molar-refractivity contribution in [2.24, 2.45) is 51.8 Å². The Balaban J connectivity index is 1.12. The first kappa shape index (κ1) is 21.8. The first-order chi connectivity index (χ1) is 16.3. The van der Waals surface area contributed by atoms with Crippen LogP contribution in [0.4, 0.5) is 0 Å². The molecule has 0 aromatic heterocycles. The molecule has 8 aliphatic carbocycles. The molecule has 4 bridgehead atoms. The predicted molar refractivity (Wildman–Crippen MR) is 128 cm³/mol. The van der Waals surface area contributed by atoms with E-state index in [4.69, 9.17) is 4.74 Å². The number of aldehydes is 1. The second-order valence-corrected chi connectivity index (χ2v) is 13.9. The Hall–Kier alpha value is -1.45. The molecule has 8 aliphatic rings. The zero-order chi connectivity index (χ0) is 23.3. The molecule has 4 heteroatoms. The molecule has 0 N–H and O–H groups in total. The van der Waals surface area contributed by atoms with Crippen LogP contribution in [0.5, 0.6) is 0 Å². The maximum atomic E-state index is 13.8. The van der Waals surface area contributed by atoms with Crippen LogP contribution in [0.25, 0.3) is 0 Å². The Bertz CT molecular complexity index is 928. The standard InChI is InChI=1S/C30H40O4/c1-28-8-7-25-23(3-2-21-13-22(32)6-9-30(21,25)17-31)24(28)4-5-26(28)34-27(33)29-14-18-10-19(15-29)12-20(11-18)16-29/h13,17-20,23-26H,2-12,14-16H2,1H3/t18?,19?,20?,23-,24-,25-,26-,28-,29?,30+/m0/s1. The number of carbonyl (C=O) groups excluding carboxylic acids is 3. The fourth-order valence-corrected chi connectivity index (χ4v) is 11.3. The third kappa shape index (κ3) is 2.86. The van der Waals surface area contributed by atoms with Crippen molar-refractivity contribution in [1.82, 2.24) is 0 Å². The molecule has 7 saturated carbocycles. The van der Waals surface area contributed by atoms with E-state index in [1.54, 1.807) is 0 Å². The van der Waals surface area contributed by atoms with E-state index in [1.165, 1.54) is 25.5 Å². The molecule has 4 nitrogen and oxygen atoms in total. The van der Waals surface area contributed by atoms with E-state index in [2.05, 4.69) is 6.92 Å². The highest BCUT2D eigenvalue weighted by molar-refractivity contribution is 5.93. The van der Waals surface area contributed by atoms with Crippen LogP contribution in [-0.2, 0) is 19.1 Å². The van der Waals surface area contributed by atoms with E-state index in [1.807, 2.05) is 6.08 Å². The monoisotopic (exact) mass is 464 g/mol. The van der Waals surface area contributed by atoms with E-state index in [0.29, 0.717) is 30.6 Å². The number of hydrogen-bond donors (Lipinski definition) is 0. The van der Waals surface area contributed by atoms with Gasteiger partial charge in [-0.3, -0.25) is 9.59 Å². The molecule has 0 heterocycles. The maximum Gasteiger partial charge on any atom is 0.312 e. The van der Waals surface area contributed by atoms with Gasteiger partial charge in [-0.1, -0.05) is 12.5 Å². The minimum Gasteiger partial charge on any atom is -0.461 e. The normalized spacial score (nSPS) is 52.9. The summed E-state index contributed by atoms with van der Waals surface area (Å²) in [7, 11) is 0. The first-order valence-electron chi connectivity index (χ1n) is 14.3. The largest absolute Gasteiger partial charge is 0.461 e. The van der Waals surface area contributed by atoms with Gasteiger partial charge < -0.3 is 9.53 Å². The SMILES string of the molecule is C[C@]12CC[C@H]3[C@@H](CCC4=CC(=O)CC[C@@]43C=O)[C@@H]1CC[C@@H]2OC(=O)C12CC3CC(CC(C3)C1)C2. The third-order valence-corrected chi connectivity index (χ3v) is 12.4. The van der Waals surface area contributed by atoms with Crippen molar-refractivity contribution < 1.29 is 19.1 Å². The second-order valence-electron chi connectivity index (χ2n) is 13.9. The Morgan fingerprint density at radius 2 is 1.65 bits per heavy atom. The van der Waals surface area contributed by atoms with Gasteiger partial charge in [0.05, 0.1) is 10.8 Å². The number of carbonyl (C=O) groups is 3. The van der Waals surface area contributed by atoms with Crippen molar-refractivity contribution in [3.8, 4) is 0 Å². The minimum atomic E-state index is -0.411. The average Bonchev–Trinajstić information content (AvgIpc) is 3.14. The lowest BCUT2D eigenvalue weighted by atomic mass is 9.47. The Morgan fingerprint density at radius 3 is 2.32 bits per heavy atom. The first-order valence-corrected chi connectivity index (χ1v) is 14.3. The van der Waals surface area contributed by atoms with E-state index >= 15 is 0 Å². The highest BCUT2D eigenvalue weighted by Gasteiger charge is 2.62. The van der Waals surface area contributed by atoms with Crippen molar-refractivity contribution in [2.75, 3.05) is 0 Å². The summed E-state index contributed by atoms with van der Waals surface area (Å²) in [5.41, 5.74) is 0.564. The van der Waals surface area contributed by atoms with Crippen LogP contribution < -0.4 is 0 Å². The molecular formula is C30H40O4. The molecule has 184 valence electrons. The summed E-state index contributed by atoms with van der Waals surface area (Å²) in [5, 5.41) is 0.